The fourth-order valence-electron chi connectivity index (χ4n) is 2.92. The molecule has 3 rings (SSSR count). The number of anilines is 1. The summed E-state index contributed by atoms with van der Waals surface area (Å²) in [6.45, 7) is 0.541. The van der Waals surface area contributed by atoms with E-state index in [-0.39, 0.29) is 24.6 Å². The van der Waals surface area contributed by atoms with Crippen LogP contribution in [0.15, 0.2) is 48.5 Å². The molecule has 27 heavy (non-hydrogen) atoms. The van der Waals surface area contributed by atoms with Gasteiger partial charge in [0.15, 0.2) is 0 Å². The van der Waals surface area contributed by atoms with Gasteiger partial charge in [-0.25, -0.2) is 0 Å². The van der Waals surface area contributed by atoms with Crippen molar-refractivity contribution in [2.24, 2.45) is 5.92 Å². The zero-order valence-corrected chi connectivity index (χ0v) is 14.8. The van der Waals surface area contributed by atoms with E-state index in [1.165, 1.54) is 12.1 Å². The Labute approximate surface area is 158 Å². The van der Waals surface area contributed by atoms with E-state index in [9.17, 15) is 22.8 Å². The van der Waals surface area contributed by atoms with E-state index in [4.69, 9.17) is 11.6 Å². The molecule has 0 aliphatic carbocycles. The van der Waals surface area contributed by atoms with Crippen LogP contribution in [0.2, 0.25) is 5.02 Å². The molecule has 4 nitrogen and oxygen atoms in total. The van der Waals surface area contributed by atoms with Crippen LogP contribution in [0, 0.1) is 5.92 Å². The first kappa shape index (κ1) is 19.2. The molecule has 8 heteroatoms. The molecule has 0 spiro atoms. The van der Waals surface area contributed by atoms with Crippen LogP contribution >= 0.6 is 11.6 Å². The number of alkyl halides is 3. The van der Waals surface area contributed by atoms with Crippen LogP contribution in [0.3, 0.4) is 0 Å². The molecule has 1 saturated heterocycles. The molecule has 0 bridgehead atoms. The Bertz CT molecular complexity index is 853. The molecule has 1 aliphatic rings. The van der Waals surface area contributed by atoms with Crippen molar-refractivity contribution < 1.29 is 22.8 Å². The lowest BCUT2D eigenvalue weighted by Crippen LogP contribution is -2.28. The summed E-state index contributed by atoms with van der Waals surface area (Å²) in [5.41, 5.74) is 0.253. The lowest BCUT2D eigenvalue weighted by molar-refractivity contribution is -0.137. The van der Waals surface area contributed by atoms with Crippen molar-refractivity contribution in [3.05, 3.63) is 64.7 Å². The fraction of sp³-hybridized carbons (Fsp3) is 0.263. The second-order valence-corrected chi connectivity index (χ2v) is 6.74. The zero-order chi connectivity index (χ0) is 19.6. The number of amides is 2. The Morgan fingerprint density at radius 2 is 1.81 bits per heavy atom. The molecule has 1 atom stereocenters. The molecule has 1 unspecified atom stereocenters. The summed E-state index contributed by atoms with van der Waals surface area (Å²) < 4.78 is 37.7. The van der Waals surface area contributed by atoms with Crippen molar-refractivity contribution in [3.8, 4) is 0 Å². The Balaban J connectivity index is 1.61. The molecule has 0 aromatic heterocycles. The predicted molar refractivity (Wildman–Crippen MR) is 95.0 cm³/mol. The van der Waals surface area contributed by atoms with E-state index in [0.717, 1.165) is 17.7 Å². The maximum Gasteiger partial charge on any atom is 0.416 e. The van der Waals surface area contributed by atoms with E-state index in [0.29, 0.717) is 11.6 Å². The van der Waals surface area contributed by atoms with Gasteiger partial charge in [-0.15, -0.1) is 0 Å². The van der Waals surface area contributed by atoms with Crippen LogP contribution < -0.4 is 5.32 Å². The smallest absolute Gasteiger partial charge is 0.337 e. The number of nitrogens with one attached hydrogen (secondary N) is 1. The summed E-state index contributed by atoms with van der Waals surface area (Å²) in [6.07, 6.45) is -4.38. The topological polar surface area (TPSA) is 49.4 Å². The van der Waals surface area contributed by atoms with Crippen LogP contribution in [-0.2, 0) is 22.3 Å². The highest BCUT2D eigenvalue weighted by Crippen LogP contribution is 2.30. The van der Waals surface area contributed by atoms with Crippen molar-refractivity contribution in [2.45, 2.75) is 19.1 Å². The second kappa shape index (κ2) is 7.60. The van der Waals surface area contributed by atoms with Crippen molar-refractivity contribution in [3.63, 3.8) is 0 Å². The minimum Gasteiger partial charge on any atom is -0.337 e. The minimum atomic E-state index is -4.43. The van der Waals surface area contributed by atoms with Gasteiger partial charge in [-0.1, -0.05) is 29.8 Å². The summed E-state index contributed by atoms with van der Waals surface area (Å²) in [6, 6.07) is 11.3. The van der Waals surface area contributed by atoms with Gasteiger partial charge in [-0.3, -0.25) is 9.59 Å². The molecular weight excluding hydrogens is 381 g/mol. The van der Waals surface area contributed by atoms with E-state index in [1.54, 1.807) is 17.0 Å². The van der Waals surface area contributed by atoms with Crippen LogP contribution in [0.1, 0.15) is 17.5 Å². The Hall–Kier alpha value is -2.54. The maximum atomic E-state index is 12.6. The largest absolute Gasteiger partial charge is 0.416 e. The summed E-state index contributed by atoms with van der Waals surface area (Å²) >= 11 is 6.10. The lowest BCUT2D eigenvalue weighted by Gasteiger charge is -2.17. The van der Waals surface area contributed by atoms with Crippen LogP contribution in [0.25, 0.3) is 0 Å². The fourth-order valence-corrected chi connectivity index (χ4v) is 3.12. The third-order valence-electron chi connectivity index (χ3n) is 4.38. The van der Waals surface area contributed by atoms with Gasteiger partial charge in [0.05, 0.1) is 11.5 Å². The van der Waals surface area contributed by atoms with Crippen molar-refractivity contribution in [1.82, 2.24) is 4.90 Å². The third-order valence-corrected chi connectivity index (χ3v) is 4.75. The quantitative estimate of drug-likeness (QED) is 0.835. The van der Waals surface area contributed by atoms with E-state index < -0.39 is 23.6 Å². The van der Waals surface area contributed by atoms with Gasteiger partial charge >= 0.3 is 6.18 Å². The highest BCUT2D eigenvalue weighted by atomic mass is 35.5. The summed E-state index contributed by atoms with van der Waals surface area (Å²) in [7, 11) is 0. The number of hydrogen-bond acceptors (Lipinski definition) is 2. The highest BCUT2D eigenvalue weighted by molar-refractivity contribution is 6.31. The van der Waals surface area contributed by atoms with E-state index in [1.807, 2.05) is 12.1 Å². The standard InChI is InChI=1S/C19H16ClF3N2O2/c20-16-4-2-1-3-12(16)10-25-11-13(9-17(25)26)18(27)24-15-7-5-14(6-8-15)19(21,22)23/h1-8,13H,9-11H2,(H,24,27). The van der Waals surface area contributed by atoms with Crippen molar-refractivity contribution in [1.29, 1.82) is 0 Å². The first-order valence-corrected chi connectivity index (χ1v) is 8.61. The average Bonchev–Trinajstić information content (AvgIpc) is 2.97. The highest BCUT2D eigenvalue weighted by Gasteiger charge is 2.35. The molecule has 2 aromatic carbocycles. The number of carbonyl (C=O) groups is 2. The lowest BCUT2D eigenvalue weighted by atomic mass is 10.1. The Morgan fingerprint density at radius 3 is 2.44 bits per heavy atom. The number of halogens is 4. The summed E-state index contributed by atoms with van der Waals surface area (Å²) in [4.78, 5) is 26.1. The average molecular weight is 397 g/mol. The number of benzene rings is 2. The first-order chi connectivity index (χ1) is 12.7. The predicted octanol–water partition coefficient (Wildman–Crippen LogP) is 4.35. The zero-order valence-electron chi connectivity index (χ0n) is 14.1. The molecule has 2 amide bonds. The van der Waals surface area contributed by atoms with Crippen LogP contribution in [-0.4, -0.2) is 23.3 Å². The Morgan fingerprint density at radius 1 is 1.15 bits per heavy atom. The molecule has 1 aliphatic heterocycles. The van der Waals surface area contributed by atoms with Gasteiger partial charge in [0.1, 0.15) is 0 Å². The molecule has 0 saturated carbocycles. The number of carbonyl (C=O) groups excluding carboxylic acids is 2. The maximum absolute atomic E-state index is 12.6. The van der Waals surface area contributed by atoms with E-state index >= 15 is 0 Å². The molecule has 1 heterocycles. The second-order valence-electron chi connectivity index (χ2n) is 6.33. The Kier molecular flexibility index (Phi) is 5.41. The monoisotopic (exact) mass is 396 g/mol. The van der Waals surface area contributed by atoms with Gasteiger partial charge in [0.2, 0.25) is 11.8 Å². The molecule has 142 valence electrons. The van der Waals surface area contributed by atoms with Gasteiger partial charge in [-0.2, -0.15) is 13.2 Å². The molecule has 1 fully saturated rings. The third kappa shape index (κ3) is 4.60. The molecule has 1 N–H and O–H groups in total. The number of likely N-dealkylation sites (tertiary alicyclic amines) is 1. The normalized spacial score (nSPS) is 17.3. The van der Waals surface area contributed by atoms with E-state index in [2.05, 4.69) is 5.32 Å². The van der Waals surface area contributed by atoms with Gasteiger partial charge < -0.3 is 10.2 Å². The van der Waals surface area contributed by atoms with Gasteiger partial charge in [0, 0.05) is 30.2 Å². The van der Waals surface area contributed by atoms with Crippen LogP contribution in [0.5, 0.6) is 0 Å². The summed E-state index contributed by atoms with van der Waals surface area (Å²) in [5, 5.41) is 3.11. The summed E-state index contributed by atoms with van der Waals surface area (Å²) in [5.74, 6) is -1.13. The molecule has 0 radical (unpaired) electrons. The number of hydrogen-bond donors (Lipinski definition) is 1. The van der Waals surface area contributed by atoms with Crippen LogP contribution in [0.4, 0.5) is 18.9 Å². The van der Waals surface area contributed by atoms with Crippen molar-refractivity contribution in [2.75, 3.05) is 11.9 Å². The van der Waals surface area contributed by atoms with Gasteiger partial charge in [-0.05, 0) is 35.9 Å². The number of nitrogens with zero attached hydrogens (tertiary/aromatic N) is 1. The van der Waals surface area contributed by atoms with Gasteiger partial charge in [0.25, 0.3) is 0 Å². The molecular formula is C19H16ClF3N2O2. The number of rotatable bonds is 4. The van der Waals surface area contributed by atoms with Crippen molar-refractivity contribution >= 4 is 29.1 Å². The molecule has 2 aromatic rings. The minimum absolute atomic E-state index is 0.0525. The SMILES string of the molecule is O=C(Nc1ccc(C(F)(F)F)cc1)C1CC(=O)N(Cc2ccccc2Cl)C1. The first-order valence-electron chi connectivity index (χ1n) is 8.23.